The van der Waals surface area contributed by atoms with Crippen molar-refractivity contribution in [1.29, 1.82) is 0 Å². The molecule has 0 bridgehead atoms. The number of nitrogens with zero attached hydrogens (tertiary/aromatic N) is 1. The molecule has 0 unspecified atom stereocenters. The quantitative estimate of drug-likeness (QED) is 0.617. The molecule has 0 radical (unpaired) electrons. The minimum Gasteiger partial charge on any atom is -0.480 e. The summed E-state index contributed by atoms with van der Waals surface area (Å²) in [5.41, 5.74) is 0. The van der Waals surface area contributed by atoms with E-state index in [1.807, 2.05) is 0 Å². The number of likely N-dealkylation sites (N-methyl/N-ethyl adjacent to an activating group) is 1. The summed E-state index contributed by atoms with van der Waals surface area (Å²) >= 11 is 0. The van der Waals surface area contributed by atoms with E-state index in [9.17, 15) is 9.59 Å². The van der Waals surface area contributed by atoms with Gasteiger partial charge in [-0.15, -0.1) is 0 Å². The van der Waals surface area contributed by atoms with Gasteiger partial charge < -0.3 is 10.0 Å². The van der Waals surface area contributed by atoms with Gasteiger partial charge in [0.15, 0.2) is 0 Å². The van der Waals surface area contributed by atoms with Crippen molar-refractivity contribution in [3.8, 4) is 0 Å². The summed E-state index contributed by atoms with van der Waals surface area (Å²) in [6.07, 6.45) is 5.97. The molecule has 0 atom stereocenters. The van der Waals surface area contributed by atoms with Crippen molar-refractivity contribution in [2.45, 2.75) is 52.4 Å². The van der Waals surface area contributed by atoms with Gasteiger partial charge in [-0.1, -0.05) is 32.6 Å². The highest BCUT2D eigenvalue weighted by atomic mass is 16.4. The molecule has 16 heavy (non-hydrogen) atoms. The van der Waals surface area contributed by atoms with Crippen LogP contribution in [0.5, 0.6) is 0 Å². The maximum atomic E-state index is 11.6. The Morgan fingerprint density at radius 1 is 1.06 bits per heavy atom. The molecule has 0 rings (SSSR count). The zero-order valence-electron chi connectivity index (χ0n) is 10.4. The van der Waals surface area contributed by atoms with Gasteiger partial charge in [-0.3, -0.25) is 9.59 Å². The summed E-state index contributed by atoms with van der Waals surface area (Å²) in [5.74, 6) is -0.984. The lowest BCUT2D eigenvalue weighted by molar-refractivity contribution is -0.144. The van der Waals surface area contributed by atoms with Crippen LogP contribution in [0.15, 0.2) is 0 Å². The van der Waals surface area contributed by atoms with Crippen LogP contribution in [0.25, 0.3) is 0 Å². The second-order valence-corrected chi connectivity index (χ2v) is 3.97. The molecular formula is C12H23NO3. The van der Waals surface area contributed by atoms with Gasteiger partial charge in [-0.2, -0.15) is 0 Å². The van der Waals surface area contributed by atoms with Gasteiger partial charge in [0.1, 0.15) is 6.54 Å². The Morgan fingerprint density at radius 2 is 1.69 bits per heavy atom. The monoisotopic (exact) mass is 229 g/mol. The average Bonchev–Trinajstić information content (AvgIpc) is 2.25. The molecule has 0 saturated heterocycles. The third kappa shape index (κ3) is 7.26. The largest absolute Gasteiger partial charge is 0.480 e. The summed E-state index contributed by atoms with van der Waals surface area (Å²) in [6, 6.07) is 0. The Balaban J connectivity index is 3.71. The molecule has 0 saturated carbocycles. The van der Waals surface area contributed by atoms with Crippen molar-refractivity contribution < 1.29 is 14.7 Å². The molecule has 0 fully saturated rings. The third-order valence-corrected chi connectivity index (χ3v) is 2.55. The van der Waals surface area contributed by atoms with Crippen LogP contribution in [0, 0.1) is 0 Å². The van der Waals surface area contributed by atoms with E-state index >= 15 is 0 Å². The van der Waals surface area contributed by atoms with E-state index in [4.69, 9.17) is 5.11 Å². The van der Waals surface area contributed by atoms with Gasteiger partial charge in [0.05, 0.1) is 0 Å². The Morgan fingerprint density at radius 3 is 2.19 bits per heavy atom. The number of carbonyl (C=O) groups is 2. The molecule has 0 aromatic rings. The minimum absolute atomic E-state index is 0.0404. The number of carboxylic acids is 1. The summed E-state index contributed by atoms with van der Waals surface area (Å²) in [7, 11) is 0. The van der Waals surface area contributed by atoms with Gasteiger partial charge >= 0.3 is 5.97 Å². The predicted octanol–water partition coefficient (Wildman–Crippen LogP) is 2.28. The number of aliphatic carboxylic acids is 1. The van der Waals surface area contributed by atoms with Crippen LogP contribution < -0.4 is 0 Å². The number of unbranched alkanes of at least 4 members (excludes halogenated alkanes) is 4. The highest BCUT2D eigenvalue weighted by molar-refractivity contribution is 5.81. The lowest BCUT2D eigenvalue weighted by Crippen LogP contribution is -2.35. The SMILES string of the molecule is CCCCCCCC(=O)N(CC)CC(=O)O. The molecule has 0 aliphatic rings. The van der Waals surface area contributed by atoms with Crippen LogP contribution in [-0.2, 0) is 9.59 Å². The molecule has 4 heteroatoms. The Kier molecular flexibility index (Phi) is 8.58. The van der Waals surface area contributed by atoms with E-state index in [0.717, 1.165) is 19.3 Å². The Bertz CT molecular complexity index is 216. The Labute approximate surface area is 97.6 Å². The number of carbonyl (C=O) groups excluding carboxylic acids is 1. The summed E-state index contributed by atoms with van der Waals surface area (Å²) in [6.45, 7) is 4.25. The normalized spacial score (nSPS) is 10.1. The molecular weight excluding hydrogens is 206 g/mol. The standard InChI is InChI=1S/C12H23NO3/c1-3-5-6-7-8-9-11(14)13(4-2)10-12(15)16/h3-10H2,1-2H3,(H,15,16). The van der Waals surface area contributed by atoms with Crippen LogP contribution in [0.4, 0.5) is 0 Å². The number of hydrogen-bond donors (Lipinski definition) is 1. The van der Waals surface area contributed by atoms with Crippen LogP contribution >= 0.6 is 0 Å². The van der Waals surface area contributed by atoms with Gasteiger partial charge in [-0.25, -0.2) is 0 Å². The van der Waals surface area contributed by atoms with Crippen molar-refractivity contribution in [3.05, 3.63) is 0 Å². The fourth-order valence-electron chi connectivity index (χ4n) is 1.58. The van der Waals surface area contributed by atoms with Crippen molar-refractivity contribution in [2.24, 2.45) is 0 Å². The maximum absolute atomic E-state index is 11.6. The minimum atomic E-state index is -0.943. The van der Waals surface area contributed by atoms with E-state index in [2.05, 4.69) is 6.92 Å². The second-order valence-electron chi connectivity index (χ2n) is 3.97. The van der Waals surface area contributed by atoms with E-state index in [1.54, 1.807) is 6.92 Å². The van der Waals surface area contributed by atoms with Crippen LogP contribution in [0.2, 0.25) is 0 Å². The van der Waals surface area contributed by atoms with Gasteiger partial charge in [0.2, 0.25) is 5.91 Å². The third-order valence-electron chi connectivity index (χ3n) is 2.55. The number of rotatable bonds is 9. The van der Waals surface area contributed by atoms with Gasteiger partial charge in [0.25, 0.3) is 0 Å². The van der Waals surface area contributed by atoms with E-state index in [-0.39, 0.29) is 12.5 Å². The lowest BCUT2D eigenvalue weighted by Gasteiger charge is -2.18. The summed E-state index contributed by atoms with van der Waals surface area (Å²) in [4.78, 5) is 23.5. The van der Waals surface area contributed by atoms with Crippen molar-refractivity contribution >= 4 is 11.9 Å². The van der Waals surface area contributed by atoms with Gasteiger partial charge in [-0.05, 0) is 13.3 Å². The fourth-order valence-corrected chi connectivity index (χ4v) is 1.58. The molecule has 0 spiro atoms. The smallest absolute Gasteiger partial charge is 0.323 e. The van der Waals surface area contributed by atoms with E-state index < -0.39 is 5.97 Å². The first-order valence-electron chi connectivity index (χ1n) is 6.11. The van der Waals surface area contributed by atoms with Crippen molar-refractivity contribution in [3.63, 3.8) is 0 Å². The molecule has 1 amide bonds. The first-order chi connectivity index (χ1) is 7.61. The first kappa shape index (κ1) is 14.9. The highest BCUT2D eigenvalue weighted by Gasteiger charge is 2.13. The molecule has 0 aromatic heterocycles. The molecule has 0 heterocycles. The predicted molar refractivity (Wildman–Crippen MR) is 63.3 cm³/mol. The molecule has 1 N–H and O–H groups in total. The molecule has 0 aliphatic carbocycles. The topological polar surface area (TPSA) is 57.6 Å². The number of amides is 1. The zero-order valence-corrected chi connectivity index (χ0v) is 10.4. The number of hydrogen-bond acceptors (Lipinski definition) is 2. The van der Waals surface area contributed by atoms with Gasteiger partial charge in [0, 0.05) is 13.0 Å². The van der Waals surface area contributed by atoms with E-state index in [0.29, 0.717) is 13.0 Å². The number of carboxylic acid groups (broad SMARTS) is 1. The average molecular weight is 229 g/mol. The Hall–Kier alpha value is -1.06. The first-order valence-corrected chi connectivity index (χ1v) is 6.11. The summed E-state index contributed by atoms with van der Waals surface area (Å²) in [5, 5.41) is 8.61. The van der Waals surface area contributed by atoms with Crippen LogP contribution in [0.1, 0.15) is 52.4 Å². The zero-order chi connectivity index (χ0) is 12.4. The maximum Gasteiger partial charge on any atom is 0.323 e. The highest BCUT2D eigenvalue weighted by Crippen LogP contribution is 2.06. The van der Waals surface area contributed by atoms with E-state index in [1.165, 1.54) is 17.7 Å². The fraction of sp³-hybridized carbons (Fsp3) is 0.833. The molecule has 0 aliphatic heterocycles. The molecule has 4 nitrogen and oxygen atoms in total. The van der Waals surface area contributed by atoms with Crippen LogP contribution in [0.3, 0.4) is 0 Å². The van der Waals surface area contributed by atoms with Crippen molar-refractivity contribution in [1.82, 2.24) is 4.90 Å². The molecule has 0 aromatic carbocycles. The second kappa shape index (κ2) is 9.19. The summed E-state index contributed by atoms with van der Waals surface area (Å²) < 4.78 is 0. The van der Waals surface area contributed by atoms with Crippen molar-refractivity contribution in [2.75, 3.05) is 13.1 Å². The van der Waals surface area contributed by atoms with Crippen LogP contribution in [-0.4, -0.2) is 35.0 Å². The molecule has 94 valence electrons. The lowest BCUT2D eigenvalue weighted by atomic mass is 10.1.